The van der Waals surface area contributed by atoms with Gasteiger partial charge in [0.1, 0.15) is 0 Å². The third kappa shape index (κ3) is 7.13. The van der Waals surface area contributed by atoms with Gasteiger partial charge in [0, 0.05) is 18.7 Å². The Morgan fingerprint density at radius 3 is 2.40 bits per heavy atom. The van der Waals surface area contributed by atoms with Crippen LogP contribution in [0.2, 0.25) is 0 Å². The molecule has 0 aliphatic rings. The molecule has 2 N–H and O–H groups in total. The van der Waals surface area contributed by atoms with Gasteiger partial charge in [0.05, 0.1) is 18.5 Å². The molecule has 0 aromatic heterocycles. The predicted molar refractivity (Wildman–Crippen MR) is 99.1 cm³/mol. The van der Waals surface area contributed by atoms with Crippen molar-refractivity contribution in [2.45, 2.75) is 33.6 Å². The Bertz CT molecular complexity index is 717. The first-order valence-corrected chi connectivity index (χ1v) is 10.2. The predicted octanol–water partition coefficient (Wildman–Crippen LogP) is 1.74. The first-order valence-electron chi connectivity index (χ1n) is 8.32. The second-order valence-electron chi connectivity index (χ2n) is 5.98. The molecule has 0 aliphatic heterocycles. The number of anilines is 1. The number of benzene rings is 1. The topological polar surface area (TPSA) is 95.6 Å². The third-order valence-electron chi connectivity index (χ3n) is 3.47. The zero-order valence-electron chi connectivity index (χ0n) is 15.3. The lowest BCUT2D eigenvalue weighted by Gasteiger charge is -2.22. The molecule has 0 saturated heterocycles. The quantitative estimate of drug-likeness (QED) is 0.693. The van der Waals surface area contributed by atoms with Gasteiger partial charge < -0.3 is 10.2 Å². The van der Waals surface area contributed by atoms with Crippen molar-refractivity contribution < 1.29 is 18.0 Å². The largest absolute Gasteiger partial charge is 0.355 e. The molecule has 140 valence electrons. The van der Waals surface area contributed by atoms with Crippen molar-refractivity contribution in [3.63, 3.8) is 0 Å². The lowest BCUT2D eigenvalue weighted by Crippen LogP contribution is -2.41. The highest BCUT2D eigenvalue weighted by Crippen LogP contribution is 2.19. The van der Waals surface area contributed by atoms with Gasteiger partial charge in [-0.25, -0.2) is 8.42 Å². The number of hydrogen-bond donors (Lipinski definition) is 2. The van der Waals surface area contributed by atoms with Gasteiger partial charge in [0.25, 0.3) is 5.91 Å². The van der Waals surface area contributed by atoms with E-state index >= 15 is 0 Å². The number of amides is 2. The molecule has 0 saturated carbocycles. The van der Waals surface area contributed by atoms with Gasteiger partial charge in [-0.05, 0) is 37.5 Å². The monoisotopic (exact) mass is 369 g/mol. The average molecular weight is 369 g/mol. The minimum Gasteiger partial charge on any atom is -0.355 e. The van der Waals surface area contributed by atoms with Crippen LogP contribution in [-0.4, -0.2) is 51.0 Å². The molecule has 1 aromatic carbocycles. The van der Waals surface area contributed by atoms with E-state index in [1.54, 1.807) is 19.1 Å². The van der Waals surface area contributed by atoms with Crippen LogP contribution in [0, 0.1) is 6.92 Å². The number of aryl methyl sites for hydroxylation is 1. The van der Waals surface area contributed by atoms with E-state index in [9.17, 15) is 18.0 Å². The Kier molecular flexibility index (Phi) is 7.89. The number of nitrogens with zero attached hydrogens (tertiary/aromatic N) is 1. The maximum absolute atomic E-state index is 12.7. The minimum atomic E-state index is -3.44. The molecule has 0 bridgehead atoms. The van der Waals surface area contributed by atoms with Crippen molar-refractivity contribution in [1.82, 2.24) is 10.2 Å². The van der Waals surface area contributed by atoms with Crippen LogP contribution in [0.5, 0.6) is 0 Å². The number of carbonyl (C=O) groups excluding carboxylic acids is 2. The first kappa shape index (κ1) is 21.0. The number of nitrogens with one attached hydrogen (secondary N) is 2. The van der Waals surface area contributed by atoms with E-state index in [1.165, 1.54) is 11.0 Å². The molecule has 0 spiro atoms. The van der Waals surface area contributed by atoms with Crippen LogP contribution in [0.4, 0.5) is 5.69 Å². The number of sulfonamides is 1. The highest BCUT2D eigenvalue weighted by molar-refractivity contribution is 7.92. The van der Waals surface area contributed by atoms with Gasteiger partial charge in [0.15, 0.2) is 0 Å². The summed E-state index contributed by atoms with van der Waals surface area (Å²) < 4.78 is 25.3. The molecular weight excluding hydrogens is 342 g/mol. The van der Waals surface area contributed by atoms with Crippen LogP contribution in [0.3, 0.4) is 0 Å². The summed E-state index contributed by atoms with van der Waals surface area (Å²) in [4.78, 5) is 26.1. The van der Waals surface area contributed by atoms with Crippen LogP contribution in [0.25, 0.3) is 0 Å². The molecular formula is C17H27N3O4S. The fourth-order valence-electron chi connectivity index (χ4n) is 2.26. The summed E-state index contributed by atoms with van der Waals surface area (Å²) in [6.07, 6.45) is 2.60. The van der Waals surface area contributed by atoms with Crippen molar-refractivity contribution in [2.75, 3.05) is 30.6 Å². The molecule has 0 fully saturated rings. The molecule has 25 heavy (non-hydrogen) atoms. The Morgan fingerprint density at radius 1 is 1.16 bits per heavy atom. The molecule has 0 unspecified atom stereocenters. The fourth-order valence-corrected chi connectivity index (χ4v) is 2.88. The second-order valence-corrected chi connectivity index (χ2v) is 7.73. The van der Waals surface area contributed by atoms with E-state index in [-0.39, 0.29) is 18.4 Å². The van der Waals surface area contributed by atoms with E-state index in [1.807, 2.05) is 13.8 Å². The Hall–Kier alpha value is -2.09. The SMILES string of the molecule is CCCNC(=O)CN(CCC)C(=O)c1ccc(C)c(NS(C)(=O)=O)c1. The summed E-state index contributed by atoms with van der Waals surface area (Å²) in [5.41, 5.74) is 1.42. The molecule has 1 aromatic rings. The van der Waals surface area contributed by atoms with Crippen molar-refractivity contribution in [3.05, 3.63) is 29.3 Å². The van der Waals surface area contributed by atoms with Gasteiger partial charge in [-0.2, -0.15) is 0 Å². The molecule has 7 nitrogen and oxygen atoms in total. The lowest BCUT2D eigenvalue weighted by atomic mass is 10.1. The molecule has 0 aliphatic carbocycles. The van der Waals surface area contributed by atoms with Gasteiger partial charge in [-0.1, -0.05) is 19.9 Å². The summed E-state index contributed by atoms with van der Waals surface area (Å²) in [6, 6.07) is 4.82. The molecule has 0 atom stereocenters. The normalized spacial score (nSPS) is 11.0. The van der Waals surface area contributed by atoms with Crippen LogP contribution >= 0.6 is 0 Å². The van der Waals surface area contributed by atoms with E-state index in [0.717, 1.165) is 12.7 Å². The van der Waals surface area contributed by atoms with Crippen LogP contribution in [0.15, 0.2) is 18.2 Å². The van der Waals surface area contributed by atoms with E-state index in [2.05, 4.69) is 10.0 Å². The smallest absolute Gasteiger partial charge is 0.254 e. The summed E-state index contributed by atoms with van der Waals surface area (Å²) in [7, 11) is -3.44. The second kappa shape index (κ2) is 9.41. The summed E-state index contributed by atoms with van der Waals surface area (Å²) >= 11 is 0. The standard InChI is InChI=1S/C17H27N3O4S/c1-5-9-18-16(21)12-20(10-6-2)17(22)14-8-7-13(3)15(11-14)19-25(4,23)24/h7-8,11,19H,5-6,9-10,12H2,1-4H3,(H,18,21). The van der Waals surface area contributed by atoms with Gasteiger partial charge in [-0.3, -0.25) is 14.3 Å². The number of carbonyl (C=O) groups is 2. The van der Waals surface area contributed by atoms with Gasteiger partial charge >= 0.3 is 0 Å². The van der Waals surface area contributed by atoms with E-state index < -0.39 is 10.0 Å². The summed E-state index contributed by atoms with van der Waals surface area (Å²) in [5.74, 6) is -0.504. The minimum absolute atomic E-state index is 0.0185. The molecule has 8 heteroatoms. The third-order valence-corrected chi connectivity index (χ3v) is 4.06. The molecule has 0 heterocycles. The lowest BCUT2D eigenvalue weighted by molar-refractivity contribution is -0.121. The average Bonchev–Trinajstić information content (AvgIpc) is 2.52. The highest BCUT2D eigenvalue weighted by atomic mass is 32.2. The maximum atomic E-state index is 12.7. The number of rotatable bonds is 9. The highest BCUT2D eigenvalue weighted by Gasteiger charge is 2.19. The van der Waals surface area contributed by atoms with Crippen LogP contribution in [0.1, 0.15) is 42.6 Å². The zero-order chi connectivity index (χ0) is 19.0. The Balaban J connectivity index is 3.00. The Morgan fingerprint density at radius 2 is 1.84 bits per heavy atom. The maximum Gasteiger partial charge on any atom is 0.254 e. The van der Waals surface area contributed by atoms with Crippen molar-refractivity contribution >= 4 is 27.5 Å². The number of hydrogen-bond acceptors (Lipinski definition) is 4. The van der Waals surface area contributed by atoms with Crippen molar-refractivity contribution in [3.8, 4) is 0 Å². The molecule has 0 radical (unpaired) electrons. The molecule has 1 rings (SSSR count). The van der Waals surface area contributed by atoms with Crippen LogP contribution in [-0.2, 0) is 14.8 Å². The van der Waals surface area contributed by atoms with Crippen molar-refractivity contribution in [1.29, 1.82) is 0 Å². The van der Waals surface area contributed by atoms with Crippen molar-refractivity contribution in [2.24, 2.45) is 0 Å². The van der Waals surface area contributed by atoms with Crippen LogP contribution < -0.4 is 10.0 Å². The summed E-state index contributed by atoms with van der Waals surface area (Å²) in [5, 5.41) is 2.75. The van der Waals surface area contributed by atoms with E-state index in [4.69, 9.17) is 0 Å². The summed E-state index contributed by atoms with van der Waals surface area (Å²) in [6.45, 7) is 6.63. The fraction of sp³-hybridized carbons (Fsp3) is 0.529. The zero-order valence-corrected chi connectivity index (χ0v) is 16.1. The van der Waals surface area contributed by atoms with Gasteiger partial charge in [0.2, 0.25) is 15.9 Å². The Labute approximate surface area is 149 Å². The first-order chi connectivity index (χ1) is 11.7. The van der Waals surface area contributed by atoms with E-state index in [0.29, 0.717) is 36.3 Å². The molecule has 2 amide bonds. The van der Waals surface area contributed by atoms with Gasteiger partial charge in [-0.15, -0.1) is 0 Å².